The molecule has 0 spiro atoms. The zero-order chi connectivity index (χ0) is 22.2. The van der Waals surface area contributed by atoms with Crippen LogP contribution in [0, 0.1) is 0 Å². The van der Waals surface area contributed by atoms with Crippen LogP contribution in [0.5, 0.6) is 0 Å². The fraction of sp³-hybridized carbons (Fsp3) is 0. The Morgan fingerprint density at radius 2 is 1.03 bits per heavy atom. The average Bonchev–Trinajstić information content (AvgIpc) is 2.82. The SMILES string of the molecule is S=C(Nc1ccccc1)Nc1ccccc1N(C(=S)Nc1ccccc1)c1ccccc1. The van der Waals surface area contributed by atoms with E-state index in [9.17, 15) is 0 Å². The van der Waals surface area contributed by atoms with E-state index >= 15 is 0 Å². The molecule has 32 heavy (non-hydrogen) atoms. The zero-order valence-electron chi connectivity index (χ0n) is 17.2. The zero-order valence-corrected chi connectivity index (χ0v) is 18.9. The molecule has 0 aromatic heterocycles. The molecule has 3 N–H and O–H groups in total. The lowest BCUT2D eigenvalue weighted by Gasteiger charge is -2.28. The fourth-order valence-corrected chi connectivity index (χ4v) is 3.77. The number of anilines is 5. The van der Waals surface area contributed by atoms with Crippen molar-refractivity contribution in [2.75, 3.05) is 20.9 Å². The summed E-state index contributed by atoms with van der Waals surface area (Å²) in [4.78, 5) is 2.00. The van der Waals surface area contributed by atoms with E-state index < -0.39 is 0 Å². The van der Waals surface area contributed by atoms with E-state index in [4.69, 9.17) is 24.4 Å². The lowest BCUT2D eigenvalue weighted by Crippen LogP contribution is -2.31. The number of thiocarbonyl (C=S) groups is 2. The molecular weight excluding hydrogens is 432 g/mol. The van der Waals surface area contributed by atoms with Crippen molar-refractivity contribution in [3.8, 4) is 0 Å². The molecule has 0 aliphatic rings. The first-order valence-corrected chi connectivity index (χ1v) is 11.0. The van der Waals surface area contributed by atoms with Gasteiger partial charge in [-0.3, -0.25) is 4.90 Å². The third kappa shape index (κ3) is 5.49. The molecule has 0 heterocycles. The molecule has 4 rings (SSSR count). The second-order valence-corrected chi connectivity index (χ2v) is 7.72. The Kier molecular flexibility index (Phi) is 7.07. The molecule has 0 fully saturated rings. The Labute approximate surface area is 198 Å². The van der Waals surface area contributed by atoms with E-state index in [2.05, 4.69) is 16.0 Å². The van der Waals surface area contributed by atoms with Gasteiger partial charge >= 0.3 is 0 Å². The van der Waals surface area contributed by atoms with Gasteiger partial charge in [-0.05, 0) is 73.0 Å². The van der Waals surface area contributed by atoms with Gasteiger partial charge < -0.3 is 16.0 Å². The second-order valence-electron chi connectivity index (χ2n) is 6.93. The van der Waals surface area contributed by atoms with Crippen LogP contribution in [0.4, 0.5) is 28.4 Å². The van der Waals surface area contributed by atoms with Crippen molar-refractivity contribution in [3.63, 3.8) is 0 Å². The summed E-state index contributed by atoms with van der Waals surface area (Å²) in [5.74, 6) is 0. The molecule has 0 aliphatic heterocycles. The Morgan fingerprint density at radius 3 is 1.66 bits per heavy atom. The summed E-state index contributed by atoms with van der Waals surface area (Å²) in [6.45, 7) is 0. The van der Waals surface area contributed by atoms with Crippen LogP contribution in [-0.4, -0.2) is 10.2 Å². The van der Waals surface area contributed by atoms with Crippen molar-refractivity contribution < 1.29 is 0 Å². The van der Waals surface area contributed by atoms with Gasteiger partial charge in [-0.25, -0.2) is 0 Å². The molecule has 6 heteroatoms. The van der Waals surface area contributed by atoms with Gasteiger partial charge in [-0.15, -0.1) is 0 Å². The van der Waals surface area contributed by atoms with Crippen molar-refractivity contribution in [1.29, 1.82) is 0 Å². The third-order valence-corrected chi connectivity index (χ3v) is 5.16. The summed E-state index contributed by atoms with van der Waals surface area (Å²) in [5.41, 5.74) is 4.50. The number of nitrogens with one attached hydrogen (secondary N) is 3. The highest BCUT2D eigenvalue weighted by molar-refractivity contribution is 7.81. The number of hydrogen-bond acceptors (Lipinski definition) is 2. The second kappa shape index (κ2) is 10.5. The van der Waals surface area contributed by atoms with Gasteiger partial charge in [0.2, 0.25) is 0 Å². The van der Waals surface area contributed by atoms with Gasteiger partial charge in [-0.1, -0.05) is 66.7 Å². The van der Waals surface area contributed by atoms with Crippen LogP contribution in [0.3, 0.4) is 0 Å². The van der Waals surface area contributed by atoms with E-state index in [0.717, 1.165) is 28.4 Å². The van der Waals surface area contributed by atoms with Crippen LogP contribution >= 0.6 is 24.4 Å². The molecule has 0 aliphatic carbocycles. The van der Waals surface area contributed by atoms with Crippen molar-refractivity contribution in [3.05, 3.63) is 115 Å². The lowest BCUT2D eigenvalue weighted by molar-refractivity contribution is 1.35. The van der Waals surface area contributed by atoms with Crippen molar-refractivity contribution in [1.82, 2.24) is 0 Å². The minimum atomic E-state index is 0.499. The molecule has 0 amide bonds. The highest BCUT2D eigenvalue weighted by atomic mass is 32.1. The number of benzene rings is 4. The Hall–Kier alpha value is -3.74. The van der Waals surface area contributed by atoms with E-state index in [-0.39, 0.29) is 0 Å². The van der Waals surface area contributed by atoms with Crippen LogP contribution in [0.25, 0.3) is 0 Å². The van der Waals surface area contributed by atoms with E-state index in [0.29, 0.717) is 10.2 Å². The average molecular weight is 455 g/mol. The first-order chi connectivity index (χ1) is 15.7. The summed E-state index contributed by atoms with van der Waals surface area (Å²) in [7, 11) is 0. The first-order valence-electron chi connectivity index (χ1n) is 10.1. The van der Waals surface area contributed by atoms with Crippen LogP contribution in [-0.2, 0) is 0 Å². The standard InChI is InChI=1S/C26H22N4S2/c31-25(27-20-12-4-1-5-13-20)29-23-18-10-11-19-24(23)30(22-16-8-3-9-17-22)26(32)28-21-14-6-2-7-15-21/h1-19H,(H,28,32)(H2,27,29,31). The van der Waals surface area contributed by atoms with Crippen LogP contribution in [0.15, 0.2) is 115 Å². The predicted octanol–water partition coefficient (Wildman–Crippen LogP) is 7.03. The molecular formula is C26H22N4S2. The molecule has 0 atom stereocenters. The molecule has 0 unspecified atom stereocenters. The molecule has 4 aromatic carbocycles. The van der Waals surface area contributed by atoms with E-state index in [1.807, 2.05) is 120 Å². The first kappa shape index (κ1) is 21.5. The van der Waals surface area contributed by atoms with Gasteiger partial charge in [0.25, 0.3) is 0 Å². The maximum Gasteiger partial charge on any atom is 0.182 e. The van der Waals surface area contributed by atoms with Gasteiger partial charge in [0.05, 0.1) is 11.4 Å². The maximum absolute atomic E-state index is 5.84. The number of nitrogens with zero attached hydrogens (tertiary/aromatic N) is 1. The smallest absolute Gasteiger partial charge is 0.182 e. The van der Waals surface area contributed by atoms with Crippen molar-refractivity contribution in [2.24, 2.45) is 0 Å². The Balaban J connectivity index is 1.64. The molecule has 4 nitrogen and oxygen atoms in total. The molecule has 4 aromatic rings. The van der Waals surface area contributed by atoms with Crippen LogP contribution in [0.2, 0.25) is 0 Å². The normalized spacial score (nSPS) is 10.1. The molecule has 0 saturated carbocycles. The van der Waals surface area contributed by atoms with Crippen molar-refractivity contribution in [2.45, 2.75) is 0 Å². The third-order valence-electron chi connectivity index (χ3n) is 4.67. The summed E-state index contributed by atoms with van der Waals surface area (Å²) < 4.78 is 0. The van der Waals surface area contributed by atoms with E-state index in [1.54, 1.807) is 0 Å². The topological polar surface area (TPSA) is 39.3 Å². The number of rotatable bonds is 5. The number of hydrogen-bond donors (Lipinski definition) is 3. The summed E-state index contributed by atoms with van der Waals surface area (Å²) in [5, 5.41) is 10.9. The lowest BCUT2D eigenvalue weighted by atomic mass is 10.2. The van der Waals surface area contributed by atoms with Crippen molar-refractivity contribution >= 4 is 63.1 Å². The monoisotopic (exact) mass is 454 g/mol. The van der Waals surface area contributed by atoms with Gasteiger partial charge in [0.15, 0.2) is 10.2 Å². The molecule has 0 radical (unpaired) electrons. The Bertz CT molecular complexity index is 1180. The van der Waals surface area contributed by atoms with Crippen LogP contribution in [0.1, 0.15) is 0 Å². The fourth-order valence-electron chi connectivity index (χ4n) is 3.22. The molecule has 0 bridgehead atoms. The quantitative estimate of drug-likeness (QED) is 0.281. The largest absolute Gasteiger partial charge is 0.332 e. The highest BCUT2D eigenvalue weighted by Gasteiger charge is 2.18. The highest BCUT2D eigenvalue weighted by Crippen LogP contribution is 2.33. The predicted molar refractivity (Wildman–Crippen MR) is 144 cm³/mol. The maximum atomic E-state index is 5.84. The number of para-hydroxylation sites is 5. The Morgan fingerprint density at radius 1 is 0.531 bits per heavy atom. The van der Waals surface area contributed by atoms with Gasteiger partial charge in [-0.2, -0.15) is 0 Å². The van der Waals surface area contributed by atoms with Crippen LogP contribution < -0.4 is 20.9 Å². The van der Waals surface area contributed by atoms with E-state index in [1.165, 1.54) is 0 Å². The summed E-state index contributed by atoms with van der Waals surface area (Å²) in [6, 6.07) is 37.7. The molecule has 0 saturated heterocycles. The minimum Gasteiger partial charge on any atom is -0.332 e. The van der Waals surface area contributed by atoms with Gasteiger partial charge in [0.1, 0.15) is 0 Å². The van der Waals surface area contributed by atoms with Gasteiger partial charge in [0, 0.05) is 17.1 Å². The summed E-state index contributed by atoms with van der Waals surface area (Å²) >= 11 is 11.4. The minimum absolute atomic E-state index is 0.499. The summed E-state index contributed by atoms with van der Waals surface area (Å²) in [6.07, 6.45) is 0. The molecule has 158 valence electrons.